The second-order valence-electron chi connectivity index (χ2n) is 10.8. The molecule has 15 heteroatoms. The van der Waals surface area contributed by atoms with Gasteiger partial charge < -0.3 is 36.4 Å². The zero-order valence-electron chi connectivity index (χ0n) is 23.4. The molecule has 3 unspecified atom stereocenters. The Labute approximate surface area is 263 Å². The van der Waals surface area contributed by atoms with Crippen LogP contribution in [0.1, 0.15) is 35.2 Å². The fourth-order valence-electron chi connectivity index (χ4n) is 6.23. The number of aliphatic hydroxyl groups is 3. The van der Waals surface area contributed by atoms with Crippen molar-refractivity contribution < 1.29 is 39.6 Å². The number of phenols is 1. The molecule has 0 saturated heterocycles. The molecule has 0 aromatic heterocycles. The number of halogens is 3. The number of carbonyl (C=O) groups excluding carboxylic acids is 4. The van der Waals surface area contributed by atoms with Gasteiger partial charge in [0, 0.05) is 43.0 Å². The summed E-state index contributed by atoms with van der Waals surface area (Å²) in [4.78, 5) is 55.2. The molecule has 0 spiro atoms. The maximum absolute atomic E-state index is 14.0. The molecular weight excluding hydrogens is 659 g/mol. The van der Waals surface area contributed by atoms with E-state index in [2.05, 4.69) is 21.2 Å². The first-order valence-electron chi connectivity index (χ1n) is 12.7. The van der Waals surface area contributed by atoms with Gasteiger partial charge in [0.25, 0.3) is 5.91 Å². The Hall–Kier alpha value is -2.84. The molecule has 0 radical (unpaired) electrons. The van der Waals surface area contributed by atoms with Crippen LogP contribution in [0.15, 0.2) is 28.7 Å². The molecule has 3 aliphatic rings. The van der Waals surface area contributed by atoms with E-state index >= 15 is 0 Å². The fraction of sp³-hybridized carbons (Fsp3) is 0.481. The number of allylic oxidation sites excluding steroid dienone is 1. The Balaban J connectivity index is 0.00000308. The standard InChI is InChI=1S/C27H33BrN4O8.2ClH/c1-31(2)15-10-14(30-16(33)6-5-7-28)21(34)18-12(15)8-11-9-13-20(32(3)4)23(36)19(26(29)39)25(38)27(13,40)24(37)17(11)22(18)35;;/h10-11,13,20,34,36-37,40H,5-9H2,1-4H3,(H2,29,39)(H,30,33);2*1H/t11?,13?,20-,27?;;/m0../s1. The topological polar surface area (TPSA) is 194 Å². The average Bonchev–Trinajstić information content (AvgIpc) is 2.85. The summed E-state index contributed by atoms with van der Waals surface area (Å²) < 4.78 is 0. The van der Waals surface area contributed by atoms with Crippen molar-refractivity contribution in [2.24, 2.45) is 17.6 Å². The summed E-state index contributed by atoms with van der Waals surface area (Å²) >= 11 is 3.26. The normalized spacial score (nSPS) is 24.7. The van der Waals surface area contributed by atoms with Crippen molar-refractivity contribution >= 4 is 75.5 Å². The Bertz CT molecular complexity index is 1400. The van der Waals surface area contributed by atoms with Crippen LogP contribution in [0.2, 0.25) is 0 Å². The Kier molecular flexibility index (Phi) is 10.8. The van der Waals surface area contributed by atoms with Crippen LogP contribution in [0, 0.1) is 11.8 Å². The van der Waals surface area contributed by atoms with Crippen LogP contribution < -0.4 is 16.0 Å². The molecule has 12 nitrogen and oxygen atoms in total. The van der Waals surface area contributed by atoms with Crippen molar-refractivity contribution in [2.45, 2.75) is 37.3 Å². The van der Waals surface area contributed by atoms with E-state index in [-0.39, 0.29) is 66.8 Å². The van der Waals surface area contributed by atoms with Crippen LogP contribution in [0.4, 0.5) is 11.4 Å². The molecule has 2 amide bonds. The lowest BCUT2D eigenvalue weighted by atomic mass is 9.58. The molecular formula is C27H35BrCl2N4O8. The number of Topliss-reactive ketones (excluding diaryl/α,β-unsaturated/α-hetero) is 2. The maximum atomic E-state index is 14.0. The van der Waals surface area contributed by atoms with Gasteiger partial charge in [0.2, 0.25) is 11.7 Å². The summed E-state index contributed by atoms with van der Waals surface area (Å²) in [6, 6.07) is 0.506. The number of anilines is 2. The largest absolute Gasteiger partial charge is 0.510 e. The van der Waals surface area contributed by atoms with E-state index < -0.39 is 63.8 Å². The summed E-state index contributed by atoms with van der Waals surface area (Å²) in [5.74, 6) is -7.63. The van der Waals surface area contributed by atoms with Crippen LogP contribution in [0.25, 0.3) is 0 Å². The number of nitrogens with one attached hydrogen (secondary N) is 1. The molecule has 0 saturated carbocycles. The highest BCUT2D eigenvalue weighted by Crippen LogP contribution is 2.53. The van der Waals surface area contributed by atoms with E-state index in [0.717, 1.165) is 0 Å². The number of carbonyl (C=O) groups is 4. The van der Waals surface area contributed by atoms with Gasteiger partial charge >= 0.3 is 0 Å². The molecule has 4 atom stereocenters. The van der Waals surface area contributed by atoms with Gasteiger partial charge in [-0.15, -0.1) is 24.8 Å². The Morgan fingerprint density at radius 3 is 2.29 bits per heavy atom. The highest BCUT2D eigenvalue weighted by atomic mass is 79.9. The molecule has 1 aromatic rings. The van der Waals surface area contributed by atoms with E-state index in [1.807, 2.05) is 0 Å². The Morgan fingerprint density at radius 2 is 1.76 bits per heavy atom. The van der Waals surface area contributed by atoms with Crippen molar-refractivity contribution in [2.75, 3.05) is 43.7 Å². The minimum absolute atomic E-state index is 0. The first kappa shape index (κ1) is 35.4. The number of primary amides is 1. The fourth-order valence-corrected chi connectivity index (χ4v) is 6.51. The van der Waals surface area contributed by atoms with E-state index in [1.165, 1.54) is 4.90 Å². The number of fused-ring (bicyclic) bond motifs is 3. The molecule has 1 aromatic carbocycles. The molecule has 0 bridgehead atoms. The smallest absolute Gasteiger partial charge is 0.255 e. The summed E-state index contributed by atoms with van der Waals surface area (Å²) in [6.45, 7) is 0. The number of likely N-dealkylation sites (N-methyl/N-ethyl adjacent to an activating group) is 1. The van der Waals surface area contributed by atoms with Gasteiger partial charge in [0.05, 0.1) is 17.3 Å². The number of alkyl halides is 1. The molecule has 0 heterocycles. The first-order chi connectivity index (χ1) is 18.7. The van der Waals surface area contributed by atoms with Crippen molar-refractivity contribution in [3.05, 3.63) is 39.9 Å². The quantitative estimate of drug-likeness (QED) is 0.140. The van der Waals surface area contributed by atoms with Gasteiger partial charge in [0.1, 0.15) is 17.1 Å². The van der Waals surface area contributed by atoms with Crippen LogP contribution in [-0.2, 0) is 20.8 Å². The van der Waals surface area contributed by atoms with Gasteiger partial charge in [-0.05, 0) is 50.9 Å². The maximum Gasteiger partial charge on any atom is 0.255 e. The van der Waals surface area contributed by atoms with Gasteiger partial charge in [-0.2, -0.15) is 0 Å². The SMILES string of the molecule is CN(C)c1cc(NC(=O)CCCBr)c(O)c2c1CC1CC3[C@H](N(C)C)C(O)=C(C(N)=O)C(=O)C3(O)C(O)=C1C2=O.Cl.Cl. The van der Waals surface area contributed by atoms with E-state index in [9.17, 15) is 39.6 Å². The number of aliphatic hydroxyl groups excluding tert-OH is 2. The third-order valence-corrected chi connectivity index (χ3v) is 8.55. The minimum Gasteiger partial charge on any atom is -0.510 e. The molecule has 0 fully saturated rings. The molecule has 7 N–H and O–H groups in total. The number of aromatic hydroxyl groups is 1. The van der Waals surface area contributed by atoms with Crippen molar-refractivity contribution in [3.63, 3.8) is 0 Å². The second-order valence-corrected chi connectivity index (χ2v) is 11.6. The van der Waals surface area contributed by atoms with Crippen molar-refractivity contribution in [1.29, 1.82) is 0 Å². The third kappa shape index (κ3) is 5.37. The first-order valence-corrected chi connectivity index (χ1v) is 13.9. The zero-order valence-corrected chi connectivity index (χ0v) is 26.7. The van der Waals surface area contributed by atoms with Gasteiger partial charge in [-0.1, -0.05) is 15.9 Å². The zero-order chi connectivity index (χ0) is 29.8. The van der Waals surface area contributed by atoms with Gasteiger partial charge in [-0.25, -0.2) is 0 Å². The number of rotatable bonds is 7. The van der Waals surface area contributed by atoms with Gasteiger partial charge in [-0.3, -0.25) is 24.1 Å². The number of nitrogens with zero attached hydrogens (tertiary/aromatic N) is 2. The molecule has 42 heavy (non-hydrogen) atoms. The van der Waals surface area contributed by atoms with Crippen molar-refractivity contribution in [3.8, 4) is 5.75 Å². The van der Waals surface area contributed by atoms with Crippen LogP contribution >= 0.6 is 40.7 Å². The number of phenolic OH excluding ortho intramolecular Hbond substituents is 1. The molecule has 4 rings (SSSR count). The number of hydrogen-bond acceptors (Lipinski definition) is 10. The number of hydrogen-bond donors (Lipinski definition) is 6. The highest BCUT2D eigenvalue weighted by Gasteiger charge is 2.63. The van der Waals surface area contributed by atoms with Crippen molar-refractivity contribution in [1.82, 2.24) is 4.90 Å². The lowest BCUT2D eigenvalue weighted by Crippen LogP contribution is -2.63. The van der Waals surface area contributed by atoms with Crippen LogP contribution in [-0.4, -0.2) is 93.9 Å². The number of benzene rings is 1. The number of amides is 2. The van der Waals surface area contributed by atoms with E-state index in [0.29, 0.717) is 23.0 Å². The highest BCUT2D eigenvalue weighted by molar-refractivity contribution is 9.09. The second kappa shape index (κ2) is 12.8. The Morgan fingerprint density at radius 1 is 1.14 bits per heavy atom. The molecule has 3 aliphatic carbocycles. The average molecular weight is 694 g/mol. The molecule has 0 aliphatic heterocycles. The predicted octanol–water partition coefficient (Wildman–Crippen LogP) is 2.14. The lowest BCUT2D eigenvalue weighted by Gasteiger charge is -2.50. The minimum atomic E-state index is -2.72. The monoisotopic (exact) mass is 692 g/mol. The summed E-state index contributed by atoms with van der Waals surface area (Å²) in [7, 11) is 6.63. The molecule has 232 valence electrons. The summed E-state index contributed by atoms with van der Waals surface area (Å²) in [5.41, 5.74) is 2.39. The van der Waals surface area contributed by atoms with Crippen LogP contribution in [0.5, 0.6) is 5.75 Å². The summed E-state index contributed by atoms with van der Waals surface area (Å²) in [6.07, 6.45) is 0.865. The number of nitrogens with two attached hydrogens (primary N) is 1. The van der Waals surface area contributed by atoms with E-state index in [1.54, 1.807) is 39.2 Å². The summed E-state index contributed by atoms with van der Waals surface area (Å²) in [5, 5.41) is 48.4. The van der Waals surface area contributed by atoms with E-state index in [4.69, 9.17) is 5.73 Å². The van der Waals surface area contributed by atoms with Gasteiger partial charge in [0.15, 0.2) is 17.1 Å². The lowest BCUT2D eigenvalue weighted by molar-refractivity contribution is -0.148. The number of ketones is 2. The predicted molar refractivity (Wildman–Crippen MR) is 164 cm³/mol. The van der Waals surface area contributed by atoms with Crippen LogP contribution in [0.3, 0.4) is 0 Å². The third-order valence-electron chi connectivity index (χ3n) is 7.99.